The average Bonchev–Trinajstić information content (AvgIpc) is 2.38. The third-order valence-corrected chi connectivity index (χ3v) is 4.01. The van der Waals surface area contributed by atoms with Crippen molar-refractivity contribution in [2.45, 2.75) is 26.4 Å². The molecule has 0 aliphatic carbocycles. The fourth-order valence-corrected chi connectivity index (χ4v) is 2.67. The zero-order valence-corrected chi connectivity index (χ0v) is 12.6. The molecule has 1 atom stereocenters. The molecule has 0 spiro atoms. The van der Waals surface area contributed by atoms with Crippen molar-refractivity contribution in [3.63, 3.8) is 0 Å². The van der Waals surface area contributed by atoms with Crippen LogP contribution < -0.4 is 5.32 Å². The Morgan fingerprint density at radius 2 is 1.63 bits per heavy atom. The fraction of sp³-hybridized carbons (Fsp3) is 0.250. The Bertz CT molecular complexity index is 546. The maximum atomic E-state index is 6.17. The lowest BCUT2D eigenvalue weighted by Gasteiger charge is -2.17. The topological polar surface area (TPSA) is 12.0 Å². The molecule has 1 N–H and O–H groups in total. The molecule has 0 radical (unpaired) electrons. The van der Waals surface area contributed by atoms with Crippen molar-refractivity contribution < 1.29 is 0 Å². The molecule has 0 fully saturated rings. The molecule has 2 aromatic rings. The summed E-state index contributed by atoms with van der Waals surface area (Å²) >= 11 is 12.3. The van der Waals surface area contributed by atoms with Crippen LogP contribution in [0.3, 0.4) is 0 Å². The monoisotopic (exact) mass is 293 g/mol. The van der Waals surface area contributed by atoms with Gasteiger partial charge in [-0.25, -0.2) is 0 Å². The molecule has 0 aliphatic rings. The van der Waals surface area contributed by atoms with Crippen molar-refractivity contribution in [3.05, 3.63) is 69.2 Å². The molecule has 1 nitrogen and oxygen atoms in total. The number of aryl methyl sites for hydroxylation is 1. The highest BCUT2D eigenvalue weighted by molar-refractivity contribution is 6.35. The van der Waals surface area contributed by atoms with E-state index in [9.17, 15) is 0 Å². The maximum absolute atomic E-state index is 6.17. The van der Waals surface area contributed by atoms with Crippen LogP contribution in [0.15, 0.2) is 42.5 Å². The van der Waals surface area contributed by atoms with Crippen molar-refractivity contribution in [2.24, 2.45) is 0 Å². The summed E-state index contributed by atoms with van der Waals surface area (Å²) in [5.41, 5.74) is 3.53. The Morgan fingerprint density at radius 3 is 2.26 bits per heavy atom. The Morgan fingerprint density at radius 1 is 1.00 bits per heavy atom. The largest absolute Gasteiger partial charge is 0.306 e. The maximum Gasteiger partial charge on any atom is 0.0465 e. The summed E-state index contributed by atoms with van der Waals surface area (Å²) in [6.07, 6.45) is 0. The van der Waals surface area contributed by atoms with E-state index in [4.69, 9.17) is 23.2 Å². The van der Waals surface area contributed by atoms with Gasteiger partial charge in [-0.2, -0.15) is 0 Å². The molecule has 0 aliphatic heterocycles. The van der Waals surface area contributed by atoms with Gasteiger partial charge in [0.15, 0.2) is 0 Å². The highest BCUT2D eigenvalue weighted by Crippen LogP contribution is 2.25. The predicted octanol–water partition coefficient (Wildman–Crippen LogP) is 5.15. The first-order valence-corrected chi connectivity index (χ1v) is 7.07. The minimum atomic E-state index is 0.258. The Kier molecular flexibility index (Phi) is 4.87. The minimum Gasteiger partial charge on any atom is -0.306 e. The molecule has 0 bridgehead atoms. The van der Waals surface area contributed by atoms with Crippen LogP contribution in [0, 0.1) is 6.92 Å². The van der Waals surface area contributed by atoms with E-state index in [1.165, 1.54) is 11.1 Å². The van der Waals surface area contributed by atoms with Crippen molar-refractivity contribution in [1.29, 1.82) is 0 Å². The molecule has 1 unspecified atom stereocenters. The van der Waals surface area contributed by atoms with Crippen LogP contribution in [-0.4, -0.2) is 0 Å². The number of nitrogens with one attached hydrogen (secondary N) is 1. The van der Waals surface area contributed by atoms with Crippen molar-refractivity contribution in [2.75, 3.05) is 0 Å². The molecule has 0 amide bonds. The van der Waals surface area contributed by atoms with Gasteiger partial charge in [0.05, 0.1) is 0 Å². The van der Waals surface area contributed by atoms with Crippen LogP contribution in [0.4, 0.5) is 0 Å². The van der Waals surface area contributed by atoms with E-state index in [-0.39, 0.29) is 6.04 Å². The van der Waals surface area contributed by atoms with Crippen LogP contribution in [0.25, 0.3) is 0 Å². The molecule has 0 aromatic heterocycles. The fourth-order valence-electron chi connectivity index (χ4n) is 2.14. The molecule has 100 valence electrons. The summed E-state index contributed by atoms with van der Waals surface area (Å²) in [7, 11) is 0. The van der Waals surface area contributed by atoms with E-state index < -0.39 is 0 Å². The molecular formula is C16H17Cl2N. The van der Waals surface area contributed by atoms with E-state index in [0.29, 0.717) is 16.6 Å². The van der Waals surface area contributed by atoms with E-state index >= 15 is 0 Å². The van der Waals surface area contributed by atoms with Gasteiger partial charge in [-0.05, 0) is 37.1 Å². The van der Waals surface area contributed by atoms with E-state index in [2.05, 4.69) is 43.4 Å². The Labute approximate surface area is 124 Å². The third-order valence-electron chi connectivity index (χ3n) is 3.30. The molecule has 0 saturated heterocycles. The number of hydrogen-bond acceptors (Lipinski definition) is 1. The first kappa shape index (κ1) is 14.4. The Hall–Kier alpha value is -1.02. The normalized spacial score (nSPS) is 12.4. The first-order chi connectivity index (χ1) is 9.09. The van der Waals surface area contributed by atoms with Gasteiger partial charge in [-0.15, -0.1) is 0 Å². The molecule has 0 heterocycles. The van der Waals surface area contributed by atoms with Crippen LogP contribution in [-0.2, 0) is 6.54 Å². The second kappa shape index (κ2) is 6.42. The number of hydrogen-bond donors (Lipinski definition) is 1. The first-order valence-electron chi connectivity index (χ1n) is 6.31. The van der Waals surface area contributed by atoms with Crippen LogP contribution in [0.1, 0.15) is 29.7 Å². The van der Waals surface area contributed by atoms with Crippen LogP contribution in [0.5, 0.6) is 0 Å². The van der Waals surface area contributed by atoms with Gasteiger partial charge in [0.25, 0.3) is 0 Å². The minimum absolute atomic E-state index is 0.258. The lowest BCUT2D eigenvalue weighted by molar-refractivity contribution is 0.572. The van der Waals surface area contributed by atoms with Crippen molar-refractivity contribution >= 4 is 23.2 Å². The molecule has 19 heavy (non-hydrogen) atoms. The van der Waals surface area contributed by atoms with E-state index in [1.807, 2.05) is 18.2 Å². The quantitative estimate of drug-likeness (QED) is 0.822. The Balaban J connectivity index is 2.09. The van der Waals surface area contributed by atoms with Gasteiger partial charge in [-0.3, -0.25) is 0 Å². The second-order valence-electron chi connectivity index (χ2n) is 4.66. The van der Waals surface area contributed by atoms with Crippen LogP contribution >= 0.6 is 23.2 Å². The SMILES string of the molecule is Cc1ccccc1C(C)NCc1c(Cl)cccc1Cl. The summed E-state index contributed by atoms with van der Waals surface area (Å²) in [5.74, 6) is 0. The second-order valence-corrected chi connectivity index (χ2v) is 5.47. The van der Waals surface area contributed by atoms with Gasteiger partial charge >= 0.3 is 0 Å². The number of benzene rings is 2. The standard InChI is InChI=1S/C16H17Cl2N/c1-11-6-3-4-7-13(11)12(2)19-10-14-15(17)8-5-9-16(14)18/h3-9,12,19H,10H2,1-2H3. The molecular weight excluding hydrogens is 277 g/mol. The zero-order chi connectivity index (χ0) is 13.8. The van der Waals surface area contributed by atoms with Gasteiger partial charge < -0.3 is 5.32 Å². The van der Waals surface area contributed by atoms with Gasteiger partial charge in [-0.1, -0.05) is 53.5 Å². The average molecular weight is 294 g/mol. The lowest BCUT2D eigenvalue weighted by atomic mass is 10.0. The smallest absolute Gasteiger partial charge is 0.0465 e. The molecule has 2 rings (SSSR count). The molecule has 2 aromatic carbocycles. The van der Waals surface area contributed by atoms with Crippen LogP contribution in [0.2, 0.25) is 10.0 Å². The summed E-state index contributed by atoms with van der Waals surface area (Å²) in [4.78, 5) is 0. The highest BCUT2D eigenvalue weighted by atomic mass is 35.5. The molecule has 0 saturated carbocycles. The predicted molar refractivity (Wildman–Crippen MR) is 82.9 cm³/mol. The summed E-state index contributed by atoms with van der Waals surface area (Å²) in [6, 6.07) is 14.2. The summed E-state index contributed by atoms with van der Waals surface area (Å²) < 4.78 is 0. The third kappa shape index (κ3) is 3.50. The van der Waals surface area contributed by atoms with Gasteiger partial charge in [0.1, 0.15) is 0 Å². The van der Waals surface area contributed by atoms with E-state index in [0.717, 1.165) is 5.56 Å². The van der Waals surface area contributed by atoms with Crippen molar-refractivity contribution in [1.82, 2.24) is 5.32 Å². The van der Waals surface area contributed by atoms with Crippen molar-refractivity contribution in [3.8, 4) is 0 Å². The molecule has 3 heteroatoms. The van der Waals surface area contributed by atoms with Gasteiger partial charge in [0, 0.05) is 28.2 Å². The number of halogens is 2. The summed E-state index contributed by atoms with van der Waals surface area (Å²) in [5, 5.41) is 4.88. The lowest BCUT2D eigenvalue weighted by Crippen LogP contribution is -2.19. The zero-order valence-electron chi connectivity index (χ0n) is 11.1. The highest BCUT2D eigenvalue weighted by Gasteiger charge is 2.10. The van der Waals surface area contributed by atoms with E-state index in [1.54, 1.807) is 0 Å². The summed E-state index contributed by atoms with van der Waals surface area (Å²) in [6.45, 7) is 4.93. The van der Waals surface area contributed by atoms with Gasteiger partial charge in [0.2, 0.25) is 0 Å². The number of rotatable bonds is 4.